The van der Waals surface area contributed by atoms with Crippen molar-refractivity contribution in [2.45, 2.75) is 44.8 Å². The molecule has 0 unspecified atom stereocenters. The van der Waals surface area contributed by atoms with E-state index in [0.29, 0.717) is 30.0 Å². The van der Waals surface area contributed by atoms with Crippen LogP contribution in [0.3, 0.4) is 0 Å². The normalized spacial score (nSPS) is 14.4. The van der Waals surface area contributed by atoms with Crippen molar-refractivity contribution < 1.29 is 9.13 Å². The first-order chi connectivity index (χ1) is 14.2. The highest BCUT2D eigenvalue weighted by molar-refractivity contribution is 5.54. The summed E-state index contributed by atoms with van der Waals surface area (Å²) in [6.07, 6.45) is 10.7. The summed E-state index contributed by atoms with van der Waals surface area (Å²) in [6, 6.07) is 8.09. The molecule has 1 aliphatic rings. The second-order valence-electron chi connectivity index (χ2n) is 6.99. The van der Waals surface area contributed by atoms with Crippen LogP contribution in [0.25, 0.3) is 0 Å². The van der Waals surface area contributed by atoms with Gasteiger partial charge in [-0.1, -0.05) is 18.6 Å². The van der Waals surface area contributed by atoms with Gasteiger partial charge in [-0.15, -0.1) is 0 Å². The number of aromatic nitrogens is 4. The Balaban J connectivity index is 1.52. The molecule has 0 aliphatic heterocycles. The maximum Gasteiger partial charge on any atom is 0.228 e. The SMILES string of the molecule is Fc1ccc(CNc2nc(Nc3cnccn3)cc(OC3CCCCC3)n2)cc1. The summed E-state index contributed by atoms with van der Waals surface area (Å²) in [5, 5.41) is 6.32. The fourth-order valence-corrected chi connectivity index (χ4v) is 3.26. The van der Waals surface area contributed by atoms with Gasteiger partial charge < -0.3 is 15.4 Å². The minimum atomic E-state index is -0.261. The Hall–Kier alpha value is -3.29. The molecule has 1 fully saturated rings. The van der Waals surface area contributed by atoms with E-state index in [4.69, 9.17) is 4.74 Å². The van der Waals surface area contributed by atoms with Crippen molar-refractivity contribution >= 4 is 17.6 Å². The Labute approximate surface area is 168 Å². The Morgan fingerprint density at radius 1 is 1.00 bits per heavy atom. The third-order valence-corrected chi connectivity index (χ3v) is 4.73. The Morgan fingerprint density at radius 2 is 1.83 bits per heavy atom. The maximum absolute atomic E-state index is 13.1. The lowest BCUT2D eigenvalue weighted by Crippen LogP contribution is -2.20. The second kappa shape index (κ2) is 9.27. The average Bonchev–Trinajstić information content (AvgIpc) is 2.75. The number of nitrogens with one attached hydrogen (secondary N) is 2. The smallest absolute Gasteiger partial charge is 0.228 e. The number of halogens is 1. The van der Waals surface area contributed by atoms with E-state index in [1.165, 1.54) is 31.4 Å². The summed E-state index contributed by atoms with van der Waals surface area (Å²) < 4.78 is 19.2. The zero-order chi connectivity index (χ0) is 19.9. The molecule has 150 valence electrons. The van der Waals surface area contributed by atoms with Gasteiger partial charge in [0.05, 0.1) is 6.20 Å². The molecule has 4 rings (SSSR count). The maximum atomic E-state index is 13.1. The van der Waals surface area contributed by atoms with E-state index >= 15 is 0 Å². The van der Waals surface area contributed by atoms with E-state index in [9.17, 15) is 4.39 Å². The Morgan fingerprint density at radius 3 is 2.59 bits per heavy atom. The highest BCUT2D eigenvalue weighted by Crippen LogP contribution is 2.25. The van der Waals surface area contributed by atoms with E-state index in [1.54, 1.807) is 36.8 Å². The minimum Gasteiger partial charge on any atom is -0.474 e. The fraction of sp³-hybridized carbons (Fsp3) is 0.333. The molecule has 1 aliphatic carbocycles. The van der Waals surface area contributed by atoms with Crippen molar-refractivity contribution in [3.8, 4) is 5.88 Å². The molecular weight excluding hydrogens is 371 g/mol. The summed E-state index contributed by atoms with van der Waals surface area (Å²) in [5.41, 5.74) is 0.928. The van der Waals surface area contributed by atoms with Gasteiger partial charge in [0.2, 0.25) is 11.8 Å². The van der Waals surface area contributed by atoms with Crippen molar-refractivity contribution in [2.24, 2.45) is 0 Å². The summed E-state index contributed by atoms with van der Waals surface area (Å²) in [7, 11) is 0. The number of rotatable bonds is 7. The highest BCUT2D eigenvalue weighted by atomic mass is 19.1. The summed E-state index contributed by atoms with van der Waals surface area (Å²) in [4.78, 5) is 17.3. The fourth-order valence-electron chi connectivity index (χ4n) is 3.26. The van der Waals surface area contributed by atoms with Gasteiger partial charge in [-0.05, 0) is 43.4 Å². The molecule has 0 amide bonds. The van der Waals surface area contributed by atoms with Crippen molar-refractivity contribution in [1.82, 2.24) is 19.9 Å². The standard InChI is InChI=1S/C21H23FN6O/c22-16-8-6-15(7-9-16)13-25-21-27-18(26-19-14-23-10-11-24-19)12-20(28-21)29-17-4-2-1-3-5-17/h6-12,14,17H,1-5,13H2,(H2,24,25,26,27,28). The van der Waals surface area contributed by atoms with Crippen molar-refractivity contribution in [2.75, 3.05) is 10.6 Å². The predicted molar refractivity (Wildman–Crippen MR) is 109 cm³/mol. The van der Waals surface area contributed by atoms with E-state index in [1.807, 2.05) is 0 Å². The van der Waals surface area contributed by atoms with Crippen LogP contribution in [0.1, 0.15) is 37.7 Å². The molecule has 8 heteroatoms. The van der Waals surface area contributed by atoms with Crippen LogP contribution in [0.2, 0.25) is 0 Å². The van der Waals surface area contributed by atoms with Crippen molar-refractivity contribution in [3.05, 3.63) is 60.3 Å². The molecule has 0 bridgehead atoms. The van der Waals surface area contributed by atoms with Gasteiger partial charge in [-0.25, -0.2) is 9.37 Å². The summed E-state index contributed by atoms with van der Waals surface area (Å²) >= 11 is 0. The largest absolute Gasteiger partial charge is 0.474 e. The lowest BCUT2D eigenvalue weighted by Gasteiger charge is -2.22. The van der Waals surface area contributed by atoms with Gasteiger partial charge in [-0.2, -0.15) is 9.97 Å². The number of nitrogens with zero attached hydrogens (tertiary/aromatic N) is 4. The molecule has 1 saturated carbocycles. The molecule has 2 heterocycles. The van der Waals surface area contributed by atoms with Crippen LogP contribution in [-0.2, 0) is 6.54 Å². The molecule has 2 aromatic heterocycles. The van der Waals surface area contributed by atoms with Gasteiger partial charge >= 0.3 is 0 Å². The van der Waals surface area contributed by atoms with Crippen LogP contribution in [0.15, 0.2) is 48.9 Å². The predicted octanol–water partition coefficient (Wildman–Crippen LogP) is 4.47. The topological polar surface area (TPSA) is 84.9 Å². The lowest BCUT2D eigenvalue weighted by atomic mass is 9.98. The molecule has 7 nitrogen and oxygen atoms in total. The highest BCUT2D eigenvalue weighted by Gasteiger charge is 2.17. The van der Waals surface area contributed by atoms with Crippen LogP contribution in [0.5, 0.6) is 5.88 Å². The zero-order valence-electron chi connectivity index (χ0n) is 16.0. The van der Waals surface area contributed by atoms with Crippen LogP contribution in [0.4, 0.5) is 22.0 Å². The van der Waals surface area contributed by atoms with Crippen LogP contribution in [-0.4, -0.2) is 26.0 Å². The van der Waals surface area contributed by atoms with E-state index in [-0.39, 0.29) is 11.9 Å². The molecular formula is C21H23FN6O. The Bertz CT molecular complexity index is 916. The number of benzene rings is 1. The molecule has 3 aromatic rings. The zero-order valence-corrected chi connectivity index (χ0v) is 16.0. The van der Waals surface area contributed by atoms with Crippen molar-refractivity contribution in [3.63, 3.8) is 0 Å². The third-order valence-electron chi connectivity index (χ3n) is 4.73. The van der Waals surface area contributed by atoms with Crippen LogP contribution in [0, 0.1) is 5.82 Å². The summed E-state index contributed by atoms with van der Waals surface area (Å²) in [5.74, 6) is 1.82. The molecule has 1 aromatic carbocycles. The van der Waals surface area contributed by atoms with Gasteiger partial charge in [0, 0.05) is 25.0 Å². The average molecular weight is 394 g/mol. The van der Waals surface area contributed by atoms with Gasteiger partial charge in [0.25, 0.3) is 0 Å². The van der Waals surface area contributed by atoms with Crippen LogP contribution < -0.4 is 15.4 Å². The molecule has 0 spiro atoms. The van der Waals surface area contributed by atoms with Gasteiger partial charge in [0.1, 0.15) is 23.6 Å². The molecule has 0 saturated heterocycles. The number of anilines is 3. The van der Waals surface area contributed by atoms with Gasteiger partial charge in [0.15, 0.2) is 0 Å². The van der Waals surface area contributed by atoms with Crippen molar-refractivity contribution in [1.29, 1.82) is 0 Å². The number of ether oxygens (including phenoxy) is 1. The molecule has 2 N–H and O–H groups in total. The lowest BCUT2D eigenvalue weighted by molar-refractivity contribution is 0.149. The minimum absolute atomic E-state index is 0.174. The third kappa shape index (κ3) is 5.60. The summed E-state index contributed by atoms with van der Waals surface area (Å²) in [6.45, 7) is 0.470. The number of hydrogen-bond donors (Lipinski definition) is 2. The quantitative estimate of drug-likeness (QED) is 0.611. The van der Waals surface area contributed by atoms with Crippen LogP contribution >= 0.6 is 0 Å². The second-order valence-corrected chi connectivity index (χ2v) is 6.99. The Kier molecular flexibility index (Phi) is 6.09. The first kappa shape index (κ1) is 19.0. The molecule has 0 atom stereocenters. The van der Waals surface area contributed by atoms with E-state index in [0.717, 1.165) is 18.4 Å². The van der Waals surface area contributed by atoms with Gasteiger partial charge in [-0.3, -0.25) is 4.98 Å². The van der Waals surface area contributed by atoms with E-state index < -0.39 is 0 Å². The monoisotopic (exact) mass is 394 g/mol. The molecule has 29 heavy (non-hydrogen) atoms. The number of hydrogen-bond acceptors (Lipinski definition) is 7. The molecule has 0 radical (unpaired) electrons. The van der Waals surface area contributed by atoms with E-state index in [2.05, 4.69) is 30.6 Å². The first-order valence-corrected chi connectivity index (χ1v) is 9.82. The first-order valence-electron chi connectivity index (χ1n) is 9.82.